The van der Waals surface area contributed by atoms with Crippen molar-refractivity contribution in [1.82, 2.24) is 4.90 Å². The van der Waals surface area contributed by atoms with Crippen LogP contribution >= 0.6 is 0 Å². The average molecular weight is 247 g/mol. The molecule has 1 aromatic rings. The largest absolute Gasteiger partial charge is 0.378 e. The first-order chi connectivity index (χ1) is 8.76. The van der Waals surface area contributed by atoms with Crippen LogP contribution in [0.5, 0.6) is 0 Å². The van der Waals surface area contributed by atoms with Crippen LogP contribution in [0.15, 0.2) is 42.6 Å². The molecule has 100 valence electrons. The first-order valence-electron chi connectivity index (χ1n) is 6.80. The Morgan fingerprint density at radius 1 is 1.17 bits per heavy atom. The number of nitrogens with zero attached hydrogens (tertiary/aromatic N) is 1. The van der Waals surface area contributed by atoms with Crippen molar-refractivity contribution < 1.29 is 4.74 Å². The molecule has 0 spiro atoms. The van der Waals surface area contributed by atoms with Crippen molar-refractivity contribution in [3.05, 3.63) is 48.2 Å². The van der Waals surface area contributed by atoms with E-state index in [1.54, 1.807) is 0 Å². The SMILES string of the molecule is CCN(C=C[C@@H](C)COCc1ccccc1)CC. The summed E-state index contributed by atoms with van der Waals surface area (Å²) in [4.78, 5) is 2.29. The summed E-state index contributed by atoms with van der Waals surface area (Å²) in [6.07, 6.45) is 4.40. The minimum absolute atomic E-state index is 0.453. The smallest absolute Gasteiger partial charge is 0.0717 e. The lowest BCUT2D eigenvalue weighted by Crippen LogP contribution is -2.16. The fraction of sp³-hybridized carbons (Fsp3) is 0.500. The summed E-state index contributed by atoms with van der Waals surface area (Å²) in [5.74, 6) is 0.453. The molecule has 1 aromatic carbocycles. The minimum atomic E-state index is 0.453. The highest BCUT2D eigenvalue weighted by Crippen LogP contribution is 2.04. The van der Waals surface area contributed by atoms with Gasteiger partial charge in [-0.05, 0) is 31.5 Å². The van der Waals surface area contributed by atoms with Gasteiger partial charge in [-0.15, -0.1) is 0 Å². The summed E-state index contributed by atoms with van der Waals surface area (Å²) in [7, 11) is 0. The van der Waals surface area contributed by atoms with Gasteiger partial charge in [-0.25, -0.2) is 0 Å². The van der Waals surface area contributed by atoms with E-state index >= 15 is 0 Å². The third-order valence-electron chi connectivity index (χ3n) is 2.93. The lowest BCUT2D eigenvalue weighted by atomic mass is 10.2. The Morgan fingerprint density at radius 3 is 2.44 bits per heavy atom. The summed E-state index contributed by atoms with van der Waals surface area (Å²) in [6.45, 7) is 10.1. The zero-order chi connectivity index (χ0) is 13.2. The van der Waals surface area contributed by atoms with Crippen LogP contribution in [0.25, 0.3) is 0 Å². The number of rotatable bonds is 8. The maximum atomic E-state index is 5.71. The second kappa shape index (κ2) is 8.76. The molecule has 0 unspecified atom stereocenters. The van der Waals surface area contributed by atoms with Crippen LogP contribution in [0.1, 0.15) is 26.3 Å². The summed E-state index contributed by atoms with van der Waals surface area (Å²) in [5, 5.41) is 0. The second-order valence-electron chi connectivity index (χ2n) is 4.54. The van der Waals surface area contributed by atoms with E-state index in [4.69, 9.17) is 4.74 Å². The molecule has 2 heteroatoms. The topological polar surface area (TPSA) is 12.5 Å². The van der Waals surface area contributed by atoms with Crippen LogP contribution in [-0.4, -0.2) is 24.6 Å². The lowest BCUT2D eigenvalue weighted by molar-refractivity contribution is 0.103. The molecule has 0 bridgehead atoms. The predicted octanol–water partition coefficient (Wildman–Crippen LogP) is 3.69. The maximum Gasteiger partial charge on any atom is 0.0717 e. The van der Waals surface area contributed by atoms with Crippen LogP contribution < -0.4 is 0 Å². The van der Waals surface area contributed by atoms with Crippen molar-refractivity contribution in [1.29, 1.82) is 0 Å². The average Bonchev–Trinajstić information content (AvgIpc) is 2.41. The Labute approximate surface area is 111 Å². The standard InChI is InChI=1S/C16H25NO/c1-4-17(5-2)12-11-15(3)13-18-14-16-9-7-6-8-10-16/h6-12,15H,4-5,13-14H2,1-3H3/t15-/m1/s1. The van der Waals surface area contributed by atoms with Crippen molar-refractivity contribution in [2.24, 2.45) is 5.92 Å². The lowest BCUT2D eigenvalue weighted by Gasteiger charge is -2.16. The van der Waals surface area contributed by atoms with E-state index in [9.17, 15) is 0 Å². The van der Waals surface area contributed by atoms with Gasteiger partial charge in [0.2, 0.25) is 0 Å². The van der Waals surface area contributed by atoms with Crippen LogP contribution in [0, 0.1) is 5.92 Å². The molecule has 0 saturated carbocycles. The summed E-state index contributed by atoms with van der Waals surface area (Å²) in [5.41, 5.74) is 1.23. The molecule has 0 aromatic heterocycles. The van der Waals surface area contributed by atoms with E-state index in [1.165, 1.54) is 5.56 Å². The van der Waals surface area contributed by atoms with Gasteiger partial charge in [0.25, 0.3) is 0 Å². The van der Waals surface area contributed by atoms with Gasteiger partial charge in [0.15, 0.2) is 0 Å². The van der Waals surface area contributed by atoms with Crippen molar-refractivity contribution in [3.8, 4) is 0 Å². The van der Waals surface area contributed by atoms with Gasteiger partial charge in [0.1, 0.15) is 0 Å². The van der Waals surface area contributed by atoms with Gasteiger partial charge >= 0.3 is 0 Å². The van der Waals surface area contributed by atoms with Crippen LogP contribution in [0.2, 0.25) is 0 Å². The van der Waals surface area contributed by atoms with E-state index < -0.39 is 0 Å². The molecule has 18 heavy (non-hydrogen) atoms. The second-order valence-corrected chi connectivity index (χ2v) is 4.54. The number of ether oxygens (including phenoxy) is 1. The van der Waals surface area contributed by atoms with Gasteiger partial charge in [-0.1, -0.05) is 43.3 Å². The third-order valence-corrected chi connectivity index (χ3v) is 2.93. The van der Waals surface area contributed by atoms with Crippen molar-refractivity contribution in [3.63, 3.8) is 0 Å². The molecule has 0 fully saturated rings. The molecule has 0 heterocycles. The van der Waals surface area contributed by atoms with Gasteiger partial charge in [0.05, 0.1) is 13.2 Å². The van der Waals surface area contributed by atoms with Crippen molar-refractivity contribution in [2.75, 3.05) is 19.7 Å². The maximum absolute atomic E-state index is 5.71. The molecule has 1 atom stereocenters. The molecule has 0 aliphatic rings. The van der Waals surface area contributed by atoms with Gasteiger partial charge < -0.3 is 9.64 Å². The summed E-state index contributed by atoms with van der Waals surface area (Å²) >= 11 is 0. The van der Waals surface area contributed by atoms with Crippen molar-refractivity contribution >= 4 is 0 Å². The van der Waals surface area contributed by atoms with E-state index in [2.05, 4.69) is 50.1 Å². The Hall–Kier alpha value is -1.28. The minimum Gasteiger partial charge on any atom is -0.378 e. The molecule has 0 aliphatic carbocycles. The number of hydrogen-bond acceptors (Lipinski definition) is 2. The van der Waals surface area contributed by atoms with Gasteiger partial charge in [-0.3, -0.25) is 0 Å². The number of hydrogen-bond donors (Lipinski definition) is 0. The zero-order valence-corrected chi connectivity index (χ0v) is 11.8. The molecule has 0 N–H and O–H groups in total. The summed E-state index contributed by atoms with van der Waals surface area (Å²) in [6, 6.07) is 10.3. The molecule has 0 radical (unpaired) electrons. The highest BCUT2D eigenvalue weighted by Gasteiger charge is 1.99. The molecule has 0 aliphatic heterocycles. The highest BCUT2D eigenvalue weighted by molar-refractivity contribution is 5.13. The fourth-order valence-corrected chi connectivity index (χ4v) is 1.70. The van der Waals surface area contributed by atoms with E-state index in [0.717, 1.165) is 19.7 Å². The van der Waals surface area contributed by atoms with E-state index in [-0.39, 0.29) is 0 Å². The van der Waals surface area contributed by atoms with Gasteiger partial charge in [-0.2, -0.15) is 0 Å². The Morgan fingerprint density at radius 2 is 1.83 bits per heavy atom. The Kier molecular flexibility index (Phi) is 7.19. The Balaban J connectivity index is 2.23. The van der Waals surface area contributed by atoms with Gasteiger partial charge in [0, 0.05) is 13.1 Å². The zero-order valence-electron chi connectivity index (χ0n) is 11.8. The molecule has 0 saturated heterocycles. The fourth-order valence-electron chi connectivity index (χ4n) is 1.70. The van der Waals surface area contributed by atoms with Crippen LogP contribution in [-0.2, 0) is 11.3 Å². The highest BCUT2D eigenvalue weighted by atomic mass is 16.5. The molecule has 1 rings (SSSR count). The molecule has 2 nitrogen and oxygen atoms in total. The van der Waals surface area contributed by atoms with Crippen LogP contribution in [0.4, 0.5) is 0 Å². The van der Waals surface area contributed by atoms with E-state index in [0.29, 0.717) is 12.5 Å². The number of benzene rings is 1. The molecule has 0 amide bonds. The normalized spacial score (nSPS) is 12.8. The predicted molar refractivity (Wildman–Crippen MR) is 77.3 cm³/mol. The first-order valence-corrected chi connectivity index (χ1v) is 6.80. The summed E-state index contributed by atoms with van der Waals surface area (Å²) < 4.78 is 5.71. The van der Waals surface area contributed by atoms with Crippen LogP contribution in [0.3, 0.4) is 0 Å². The van der Waals surface area contributed by atoms with Crippen molar-refractivity contribution in [2.45, 2.75) is 27.4 Å². The first kappa shape index (κ1) is 14.8. The monoisotopic (exact) mass is 247 g/mol. The Bertz CT molecular complexity index is 330. The van der Waals surface area contributed by atoms with E-state index in [1.807, 2.05) is 18.2 Å². The molecular formula is C16H25NO. The quantitative estimate of drug-likeness (QED) is 0.694. The third kappa shape index (κ3) is 5.87. The molecular weight excluding hydrogens is 222 g/mol.